The Hall–Kier alpha value is -1.27. The van der Waals surface area contributed by atoms with E-state index in [1.54, 1.807) is 0 Å². The van der Waals surface area contributed by atoms with Crippen LogP contribution in [0.25, 0.3) is 0 Å². The van der Waals surface area contributed by atoms with Crippen LogP contribution in [0.4, 0.5) is 0 Å². The third-order valence-electron chi connectivity index (χ3n) is 4.07. The van der Waals surface area contributed by atoms with E-state index in [-0.39, 0.29) is 0 Å². The van der Waals surface area contributed by atoms with Crippen molar-refractivity contribution in [3.8, 4) is 0 Å². The molecule has 0 fully saturated rings. The molecule has 7 nitrogen and oxygen atoms in total. The zero-order valence-electron chi connectivity index (χ0n) is 17.5. The number of imidazole rings is 2. The Kier molecular flexibility index (Phi) is 16.1. The Morgan fingerprint density at radius 3 is 1.48 bits per heavy atom. The largest absolute Gasteiger partial charge is 0.820 e. The molecular formula is C19H37N4O3P. The molecule has 2 rings (SSSR count). The van der Waals surface area contributed by atoms with Gasteiger partial charge in [-0.3, -0.25) is 0 Å². The fourth-order valence-corrected chi connectivity index (χ4v) is 2.51. The monoisotopic (exact) mass is 400 g/mol. The van der Waals surface area contributed by atoms with Gasteiger partial charge in [0.05, 0.1) is 13.1 Å². The molecule has 8 heteroatoms. The molecule has 0 saturated heterocycles. The van der Waals surface area contributed by atoms with Gasteiger partial charge in [-0.2, -0.15) is 8.60 Å². The number of nitrogens with one attached hydrogen (secondary N) is 2. The van der Waals surface area contributed by atoms with Crippen molar-refractivity contribution < 1.29 is 23.4 Å². The molecule has 0 atom stereocenters. The van der Waals surface area contributed by atoms with Crippen LogP contribution in [0.2, 0.25) is 0 Å². The highest BCUT2D eigenvalue weighted by Gasteiger charge is 2.06. The van der Waals surface area contributed by atoms with Gasteiger partial charge in [0.2, 0.25) is 0 Å². The first-order chi connectivity index (χ1) is 13.0. The molecule has 2 aromatic heterocycles. The highest BCUT2D eigenvalue weighted by atomic mass is 31.2. The highest BCUT2D eigenvalue weighted by molar-refractivity contribution is 7.36. The van der Waals surface area contributed by atoms with Crippen molar-refractivity contribution in [2.45, 2.75) is 79.3 Å². The Morgan fingerprint density at radius 2 is 1.22 bits per heavy atom. The van der Waals surface area contributed by atoms with Crippen molar-refractivity contribution in [1.82, 2.24) is 9.97 Å². The van der Waals surface area contributed by atoms with E-state index >= 15 is 0 Å². The first-order valence-corrected chi connectivity index (χ1v) is 10.9. The van der Waals surface area contributed by atoms with Crippen LogP contribution in [-0.2, 0) is 30.5 Å². The number of H-pyrrole nitrogens is 2. The molecule has 0 saturated carbocycles. The zero-order valence-corrected chi connectivity index (χ0v) is 18.4. The number of unbranched alkanes of at least 4 members (excludes halogenated alkanes) is 2. The summed E-state index contributed by atoms with van der Waals surface area (Å²) in [5.41, 5.74) is 0. The second-order valence-corrected chi connectivity index (χ2v) is 6.81. The van der Waals surface area contributed by atoms with E-state index in [1.807, 2.05) is 12.4 Å². The topological polar surface area (TPSA) is 94.7 Å². The smallest absolute Gasteiger partial charge is 0.254 e. The summed E-state index contributed by atoms with van der Waals surface area (Å²) in [7, 11) is -1.50. The number of aromatic nitrogens is 4. The van der Waals surface area contributed by atoms with Gasteiger partial charge in [0.25, 0.3) is 11.6 Å². The van der Waals surface area contributed by atoms with Gasteiger partial charge >= 0.3 is 0 Å². The molecule has 2 N–H and O–H groups in total. The van der Waals surface area contributed by atoms with Crippen molar-refractivity contribution in [1.29, 1.82) is 0 Å². The van der Waals surface area contributed by atoms with Crippen LogP contribution >= 0.6 is 8.60 Å². The number of rotatable bonds is 9. The van der Waals surface area contributed by atoms with Crippen molar-refractivity contribution >= 4 is 8.60 Å². The van der Waals surface area contributed by atoms with Crippen LogP contribution in [0.3, 0.4) is 0 Å². The minimum atomic E-state index is -2.60. The van der Waals surface area contributed by atoms with Gasteiger partial charge in [0, 0.05) is 20.0 Å². The molecule has 0 bridgehead atoms. The van der Waals surface area contributed by atoms with Gasteiger partial charge in [0.1, 0.15) is 24.8 Å². The molecule has 0 spiro atoms. The Morgan fingerprint density at radius 1 is 0.852 bits per heavy atom. The Balaban J connectivity index is 0.000000405. The summed E-state index contributed by atoms with van der Waals surface area (Å²) in [6.45, 7) is 10.9. The second-order valence-electron chi connectivity index (χ2n) is 6.00. The fraction of sp³-hybridized carbons (Fsp3) is 0.684. The van der Waals surface area contributed by atoms with Crippen molar-refractivity contribution in [2.24, 2.45) is 0 Å². The van der Waals surface area contributed by atoms with Gasteiger partial charge in [-0.15, -0.1) is 0 Å². The number of aryl methyl sites for hydroxylation is 4. The summed E-state index contributed by atoms with van der Waals surface area (Å²) in [6.07, 6.45) is 15.7. The average Bonchev–Trinajstić information content (AvgIpc) is 3.33. The van der Waals surface area contributed by atoms with Crippen molar-refractivity contribution in [3.05, 3.63) is 36.4 Å². The van der Waals surface area contributed by atoms with Crippen molar-refractivity contribution in [3.63, 3.8) is 0 Å². The van der Waals surface area contributed by atoms with E-state index in [0.717, 1.165) is 20.2 Å². The van der Waals surface area contributed by atoms with Crippen LogP contribution in [0.15, 0.2) is 24.8 Å². The average molecular weight is 401 g/mol. The minimum absolute atomic E-state index is 1.07. The quantitative estimate of drug-likeness (QED) is 0.497. The molecule has 2 aromatic rings. The van der Waals surface area contributed by atoms with Gasteiger partial charge in [-0.25, -0.2) is 19.1 Å². The fourth-order valence-electron chi connectivity index (χ4n) is 2.51. The maximum absolute atomic E-state index is 9.18. The van der Waals surface area contributed by atoms with Crippen LogP contribution in [-0.4, -0.2) is 17.1 Å². The lowest BCUT2D eigenvalue weighted by Crippen LogP contribution is -2.34. The first kappa shape index (κ1) is 25.7. The van der Waals surface area contributed by atoms with Crippen LogP contribution < -0.4 is 18.9 Å². The van der Waals surface area contributed by atoms with Crippen LogP contribution in [0.5, 0.6) is 0 Å². The molecule has 2 heterocycles. The highest BCUT2D eigenvalue weighted by Crippen LogP contribution is 2.07. The van der Waals surface area contributed by atoms with Gasteiger partial charge in [0.15, 0.2) is 0 Å². The summed E-state index contributed by atoms with van der Waals surface area (Å²) in [4.78, 5) is 24.9. The molecule has 27 heavy (non-hydrogen) atoms. The Bertz CT molecular complexity index is 527. The summed E-state index contributed by atoms with van der Waals surface area (Å²) in [6, 6.07) is 0. The zero-order chi connectivity index (χ0) is 20.5. The maximum atomic E-state index is 9.18. The summed E-state index contributed by atoms with van der Waals surface area (Å²) >= 11 is 0. The molecule has 0 aliphatic rings. The lowest BCUT2D eigenvalue weighted by Gasteiger charge is -2.25. The summed E-state index contributed by atoms with van der Waals surface area (Å²) in [5.74, 6) is 2.71. The number of hydrogen-bond donors (Lipinski definition) is 2. The molecule has 0 radical (unpaired) electrons. The van der Waals surface area contributed by atoms with Crippen molar-refractivity contribution in [2.75, 3.05) is 7.11 Å². The third-order valence-corrected chi connectivity index (χ3v) is 4.37. The number of hydrogen-bond acceptors (Lipinski definition) is 3. The SMILES string of the molecule is CCCCc1[nH]cc[n+]1CC.CCCCc1[nH]cc[n+]1CC.COP([O-])[O-]. The summed E-state index contributed by atoms with van der Waals surface area (Å²) < 4.78 is 8.22. The van der Waals surface area contributed by atoms with E-state index in [1.165, 1.54) is 50.2 Å². The maximum Gasteiger partial charge on any atom is 0.254 e. The van der Waals surface area contributed by atoms with E-state index in [0.29, 0.717) is 0 Å². The number of aromatic amines is 2. The third kappa shape index (κ3) is 11.9. The molecule has 0 aliphatic heterocycles. The van der Waals surface area contributed by atoms with E-state index in [9.17, 15) is 9.79 Å². The molecule has 156 valence electrons. The van der Waals surface area contributed by atoms with Gasteiger partial charge < -0.3 is 14.3 Å². The van der Waals surface area contributed by atoms with E-state index < -0.39 is 8.60 Å². The predicted molar refractivity (Wildman–Crippen MR) is 104 cm³/mol. The molecule has 0 aromatic carbocycles. The van der Waals surface area contributed by atoms with E-state index in [2.05, 4.69) is 63.7 Å². The standard InChI is InChI=1S/2C9H16N2.CH3O3P/c2*1-3-5-6-9-10-7-8-11(9)4-2;1-4-5(2)3/h2*7-8H,3-6H2,1-2H3;1H3/q;;-2/p+2. The predicted octanol–water partition coefficient (Wildman–Crippen LogP) is 1.91. The van der Waals surface area contributed by atoms with Gasteiger partial charge in [-0.05, 0) is 26.7 Å². The van der Waals surface area contributed by atoms with Crippen LogP contribution in [0.1, 0.15) is 65.0 Å². The lowest BCUT2D eigenvalue weighted by atomic mass is 10.2. The normalized spacial score (nSPS) is 10.2. The summed E-state index contributed by atoms with van der Waals surface area (Å²) in [5, 5.41) is 0. The Labute approximate surface area is 165 Å². The molecule has 0 aliphatic carbocycles. The van der Waals surface area contributed by atoms with Crippen LogP contribution in [0, 0.1) is 0 Å². The van der Waals surface area contributed by atoms with Gasteiger partial charge in [-0.1, -0.05) is 26.7 Å². The number of nitrogens with zero attached hydrogens (tertiary/aromatic N) is 2. The minimum Gasteiger partial charge on any atom is -0.820 e. The first-order valence-electron chi connectivity index (χ1n) is 9.83. The second kappa shape index (κ2) is 16.9. The lowest BCUT2D eigenvalue weighted by molar-refractivity contribution is -0.699. The molecular weight excluding hydrogens is 363 g/mol. The molecule has 0 unspecified atom stereocenters. The van der Waals surface area contributed by atoms with E-state index in [4.69, 9.17) is 0 Å². The molecule has 0 amide bonds.